The molecule has 0 radical (unpaired) electrons. The van der Waals surface area contributed by atoms with Crippen molar-refractivity contribution in [3.63, 3.8) is 0 Å². The van der Waals surface area contributed by atoms with Gasteiger partial charge in [0.15, 0.2) is 0 Å². The Hall–Kier alpha value is -3.55. The molecular formula is C26H21ClN2O4S. The molecule has 6 nitrogen and oxygen atoms in total. The van der Waals surface area contributed by atoms with Gasteiger partial charge < -0.3 is 10.1 Å². The highest BCUT2D eigenvalue weighted by Gasteiger charge is 2.36. The summed E-state index contributed by atoms with van der Waals surface area (Å²) in [5.41, 5.74) is 3.29. The Morgan fingerprint density at radius 3 is 2.44 bits per heavy atom. The molecule has 1 saturated heterocycles. The van der Waals surface area contributed by atoms with Crippen LogP contribution in [0.25, 0.3) is 6.08 Å². The monoisotopic (exact) mass is 492 g/mol. The van der Waals surface area contributed by atoms with Gasteiger partial charge in [0.05, 0.1) is 4.91 Å². The third kappa shape index (κ3) is 5.87. The van der Waals surface area contributed by atoms with Crippen LogP contribution in [-0.2, 0) is 16.2 Å². The molecule has 0 bridgehead atoms. The Bertz CT molecular complexity index is 1260. The van der Waals surface area contributed by atoms with Crippen LogP contribution >= 0.6 is 23.4 Å². The van der Waals surface area contributed by atoms with E-state index in [1.165, 1.54) is 0 Å². The van der Waals surface area contributed by atoms with E-state index in [0.29, 0.717) is 23.1 Å². The first-order valence-electron chi connectivity index (χ1n) is 10.5. The number of carbonyl (C=O) groups excluding carboxylic acids is 3. The number of nitrogens with one attached hydrogen (secondary N) is 1. The van der Waals surface area contributed by atoms with Crippen molar-refractivity contribution in [3.8, 4) is 5.75 Å². The second-order valence-corrected chi connectivity index (χ2v) is 9.03. The molecule has 1 aliphatic rings. The number of hydrogen-bond acceptors (Lipinski definition) is 5. The van der Waals surface area contributed by atoms with Crippen LogP contribution < -0.4 is 10.1 Å². The first kappa shape index (κ1) is 23.6. The van der Waals surface area contributed by atoms with Crippen LogP contribution in [0.2, 0.25) is 5.02 Å². The summed E-state index contributed by atoms with van der Waals surface area (Å²) in [5.74, 6) is -0.279. The van der Waals surface area contributed by atoms with Crippen molar-refractivity contribution in [2.75, 3.05) is 11.9 Å². The Morgan fingerprint density at radius 1 is 1.03 bits per heavy atom. The quantitative estimate of drug-likeness (QED) is 0.415. The molecule has 34 heavy (non-hydrogen) atoms. The van der Waals surface area contributed by atoms with Gasteiger partial charge in [-0.3, -0.25) is 19.3 Å². The summed E-state index contributed by atoms with van der Waals surface area (Å²) < 4.78 is 5.77. The molecule has 3 aromatic carbocycles. The van der Waals surface area contributed by atoms with E-state index in [4.69, 9.17) is 16.3 Å². The molecule has 0 aromatic heterocycles. The summed E-state index contributed by atoms with van der Waals surface area (Å²) >= 11 is 6.96. The lowest BCUT2D eigenvalue weighted by atomic mass is 10.2. The standard InChI is InChI=1S/C26H21ClN2O4S/c1-17-6-10-20(11-7-17)28-24(30)15-29-25(31)23(34-26(29)32)14-18-8-12-21(13-9-18)33-16-19-4-2-3-5-22(19)27/h2-14H,15-16H2,1H3,(H,28,30)/b23-14+. The summed E-state index contributed by atoms with van der Waals surface area (Å²) in [4.78, 5) is 38.6. The van der Waals surface area contributed by atoms with Crippen molar-refractivity contribution in [3.05, 3.63) is 99.4 Å². The van der Waals surface area contributed by atoms with Gasteiger partial charge >= 0.3 is 0 Å². The van der Waals surface area contributed by atoms with Crippen molar-refractivity contribution in [1.82, 2.24) is 4.90 Å². The summed E-state index contributed by atoms with van der Waals surface area (Å²) in [7, 11) is 0. The van der Waals surface area contributed by atoms with Crippen molar-refractivity contribution < 1.29 is 19.1 Å². The van der Waals surface area contributed by atoms with Crippen LogP contribution in [0.5, 0.6) is 5.75 Å². The fraction of sp³-hybridized carbons (Fsp3) is 0.115. The topological polar surface area (TPSA) is 75.7 Å². The molecule has 1 fully saturated rings. The number of aryl methyl sites for hydroxylation is 1. The van der Waals surface area contributed by atoms with Gasteiger partial charge in [0, 0.05) is 16.3 Å². The highest BCUT2D eigenvalue weighted by molar-refractivity contribution is 8.18. The van der Waals surface area contributed by atoms with Gasteiger partial charge in [0.2, 0.25) is 5.91 Å². The van der Waals surface area contributed by atoms with Crippen LogP contribution in [0.3, 0.4) is 0 Å². The van der Waals surface area contributed by atoms with E-state index in [-0.39, 0.29) is 11.4 Å². The Kier molecular flexibility index (Phi) is 7.35. The Labute approximate surface area is 206 Å². The van der Waals surface area contributed by atoms with Crippen LogP contribution in [0.4, 0.5) is 10.5 Å². The Balaban J connectivity index is 1.36. The molecule has 3 aromatic rings. The molecule has 0 aliphatic carbocycles. The largest absolute Gasteiger partial charge is 0.489 e. The molecular weight excluding hydrogens is 472 g/mol. The van der Waals surface area contributed by atoms with Gasteiger partial charge in [-0.1, -0.05) is 59.6 Å². The minimum absolute atomic E-state index is 0.262. The number of imide groups is 1. The number of anilines is 1. The van der Waals surface area contributed by atoms with E-state index in [1.54, 1.807) is 42.5 Å². The van der Waals surface area contributed by atoms with Gasteiger partial charge in [-0.05, 0) is 60.7 Å². The van der Waals surface area contributed by atoms with Gasteiger partial charge in [-0.2, -0.15) is 0 Å². The van der Waals surface area contributed by atoms with E-state index in [0.717, 1.165) is 33.4 Å². The molecule has 3 amide bonds. The molecule has 0 unspecified atom stereocenters. The number of ether oxygens (including phenoxy) is 1. The van der Waals surface area contributed by atoms with Crippen molar-refractivity contribution >= 4 is 52.2 Å². The predicted octanol–water partition coefficient (Wildman–Crippen LogP) is 5.90. The number of amides is 3. The number of hydrogen-bond donors (Lipinski definition) is 1. The summed E-state index contributed by atoms with van der Waals surface area (Å²) in [6, 6.07) is 21.9. The first-order chi connectivity index (χ1) is 16.4. The summed E-state index contributed by atoms with van der Waals surface area (Å²) in [5, 5.41) is 2.86. The lowest BCUT2D eigenvalue weighted by Crippen LogP contribution is -2.36. The number of benzene rings is 3. The van der Waals surface area contributed by atoms with Crippen LogP contribution in [0.15, 0.2) is 77.7 Å². The molecule has 1 heterocycles. The fourth-order valence-electron chi connectivity index (χ4n) is 3.21. The molecule has 172 valence electrons. The predicted molar refractivity (Wildman–Crippen MR) is 135 cm³/mol. The van der Waals surface area contributed by atoms with Gasteiger partial charge in [0.25, 0.3) is 11.1 Å². The lowest BCUT2D eigenvalue weighted by molar-refractivity contribution is -0.127. The maximum Gasteiger partial charge on any atom is 0.294 e. The highest BCUT2D eigenvalue weighted by Crippen LogP contribution is 2.32. The molecule has 8 heteroatoms. The molecule has 1 aliphatic heterocycles. The number of rotatable bonds is 7. The van der Waals surface area contributed by atoms with E-state index >= 15 is 0 Å². The average Bonchev–Trinajstić information content (AvgIpc) is 3.08. The van der Waals surface area contributed by atoms with E-state index in [9.17, 15) is 14.4 Å². The SMILES string of the molecule is Cc1ccc(NC(=O)CN2C(=O)S/C(=C/c3ccc(OCc4ccccc4Cl)cc3)C2=O)cc1. The zero-order chi connectivity index (χ0) is 24.1. The second-order valence-electron chi connectivity index (χ2n) is 7.63. The van der Waals surface area contributed by atoms with E-state index in [2.05, 4.69) is 5.32 Å². The van der Waals surface area contributed by atoms with Crippen LogP contribution in [0, 0.1) is 6.92 Å². The molecule has 0 saturated carbocycles. The number of halogens is 1. The van der Waals surface area contributed by atoms with Crippen molar-refractivity contribution in [1.29, 1.82) is 0 Å². The summed E-state index contributed by atoms with van der Waals surface area (Å²) in [6.07, 6.45) is 1.63. The van der Waals surface area contributed by atoms with Crippen molar-refractivity contribution in [2.45, 2.75) is 13.5 Å². The zero-order valence-electron chi connectivity index (χ0n) is 18.3. The van der Waals surface area contributed by atoms with Gasteiger partial charge in [0.1, 0.15) is 18.9 Å². The van der Waals surface area contributed by atoms with E-state index < -0.39 is 17.1 Å². The third-order valence-corrected chi connectivity index (χ3v) is 6.32. The van der Waals surface area contributed by atoms with Gasteiger partial charge in [-0.15, -0.1) is 0 Å². The Morgan fingerprint density at radius 2 is 1.74 bits per heavy atom. The lowest BCUT2D eigenvalue weighted by Gasteiger charge is -2.12. The highest BCUT2D eigenvalue weighted by atomic mass is 35.5. The third-order valence-electron chi connectivity index (χ3n) is 5.04. The maximum atomic E-state index is 12.7. The number of thioether (sulfide) groups is 1. The molecule has 1 N–H and O–H groups in total. The second kappa shape index (κ2) is 10.6. The smallest absolute Gasteiger partial charge is 0.294 e. The summed E-state index contributed by atoms with van der Waals surface area (Å²) in [6.45, 7) is 1.94. The molecule has 0 spiro atoms. The van der Waals surface area contributed by atoms with E-state index in [1.807, 2.05) is 43.3 Å². The number of carbonyl (C=O) groups is 3. The molecule has 4 rings (SSSR count). The van der Waals surface area contributed by atoms with Crippen molar-refractivity contribution in [2.24, 2.45) is 0 Å². The fourth-order valence-corrected chi connectivity index (χ4v) is 4.23. The minimum atomic E-state index is -0.492. The first-order valence-corrected chi connectivity index (χ1v) is 11.7. The minimum Gasteiger partial charge on any atom is -0.489 e. The zero-order valence-corrected chi connectivity index (χ0v) is 19.9. The average molecular weight is 493 g/mol. The maximum absolute atomic E-state index is 12.7. The van der Waals surface area contributed by atoms with Crippen LogP contribution in [-0.4, -0.2) is 28.5 Å². The van der Waals surface area contributed by atoms with Crippen LogP contribution in [0.1, 0.15) is 16.7 Å². The van der Waals surface area contributed by atoms with Gasteiger partial charge in [-0.25, -0.2) is 0 Å². The molecule has 0 atom stereocenters. The number of nitrogens with zero attached hydrogens (tertiary/aromatic N) is 1. The normalized spacial score (nSPS) is 14.5.